The summed E-state index contributed by atoms with van der Waals surface area (Å²) in [4.78, 5) is 0. The predicted octanol–water partition coefficient (Wildman–Crippen LogP) is 4.53. The van der Waals surface area contributed by atoms with E-state index in [1.165, 1.54) is 62.5 Å². The van der Waals surface area contributed by atoms with Gasteiger partial charge in [-0.3, -0.25) is 0 Å². The van der Waals surface area contributed by atoms with Crippen molar-refractivity contribution in [1.82, 2.24) is 0 Å². The van der Waals surface area contributed by atoms with E-state index in [1.54, 1.807) is 0 Å². The molecule has 1 heteroatoms. The Morgan fingerprint density at radius 2 is 1.83 bits per heavy atom. The van der Waals surface area contributed by atoms with Crippen LogP contribution in [0.2, 0.25) is 0 Å². The second-order valence-electron chi connectivity index (χ2n) is 6.29. The Morgan fingerprint density at radius 3 is 2.50 bits per heavy atom. The molecule has 0 aromatic heterocycles. The topological polar surface area (TPSA) is 26.0 Å². The summed E-state index contributed by atoms with van der Waals surface area (Å²) in [5, 5.41) is 0. The second-order valence-corrected chi connectivity index (χ2v) is 6.29. The predicted molar refractivity (Wildman–Crippen MR) is 76.5 cm³/mol. The molecule has 18 heavy (non-hydrogen) atoms. The van der Waals surface area contributed by atoms with Crippen LogP contribution in [0.15, 0.2) is 24.3 Å². The first-order valence-corrected chi connectivity index (χ1v) is 7.68. The standard InChI is InChI=1S/C17H25N/c18-17(11-13-5-1-2-6-13)16-10-4-9-15(12-16)14-7-3-8-14/h4,9-10,12-14,17H,1-3,5-8,11,18H2. The van der Waals surface area contributed by atoms with Gasteiger partial charge in [0.1, 0.15) is 0 Å². The van der Waals surface area contributed by atoms with Crippen LogP contribution in [0.1, 0.15) is 74.5 Å². The highest BCUT2D eigenvalue weighted by Crippen LogP contribution is 2.38. The molecule has 0 aliphatic heterocycles. The van der Waals surface area contributed by atoms with Gasteiger partial charge in [-0.15, -0.1) is 0 Å². The van der Waals surface area contributed by atoms with Gasteiger partial charge in [-0.05, 0) is 42.2 Å². The zero-order chi connectivity index (χ0) is 12.4. The minimum absolute atomic E-state index is 0.258. The summed E-state index contributed by atoms with van der Waals surface area (Å²) < 4.78 is 0. The average molecular weight is 243 g/mol. The molecule has 1 aromatic rings. The maximum atomic E-state index is 6.40. The van der Waals surface area contributed by atoms with Crippen molar-refractivity contribution in [2.45, 2.75) is 63.3 Å². The lowest BCUT2D eigenvalue weighted by molar-refractivity contribution is 0.418. The van der Waals surface area contributed by atoms with E-state index in [1.807, 2.05) is 0 Å². The van der Waals surface area contributed by atoms with Gasteiger partial charge >= 0.3 is 0 Å². The van der Waals surface area contributed by atoms with Crippen molar-refractivity contribution in [1.29, 1.82) is 0 Å². The van der Waals surface area contributed by atoms with Crippen molar-refractivity contribution in [3.8, 4) is 0 Å². The van der Waals surface area contributed by atoms with Crippen molar-refractivity contribution in [2.24, 2.45) is 11.7 Å². The summed E-state index contributed by atoms with van der Waals surface area (Å²) in [6.45, 7) is 0. The second kappa shape index (κ2) is 5.44. The lowest BCUT2D eigenvalue weighted by atomic mass is 9.79. The van der Waals surface area contributed by atoms with Gasteiger partial charge in [-0.2, -0.15) is 0 Å². The van der Waals surface area contributed by atoms with E-state index in [9.17, 15) is 0 Å². The molecule has 0 heterocycles. The van der Waals surface area contributed by atoms with Crippen LogP contribution in [-0.2, 0) is 0 Å². The quantitative estimate of drug-likeness (QED) is 0.825. The molecule has 1 nitrogen and oxygen atoms in total. The van der Waals surface area contributed by atoms with E-state index < -0.39 is 0 Å². The SMILES string of the molecule is NC(CC1CCCC1)c1cccc(C2CCC2)c1. The first kappa shape index (κ1) is 12.2. The van der Waals surface area contributed by atoms with Crippen molar-refractivity contribution < 1.29 is 0 Å². The number of hydrogen-bond acceptors (Lipinski definition) is 1. The maximum Gasteiger partial charge on any atom is 0.0297 e. The van der Waals surface area contributed by atoms with Crippen LogP contribution in [0.3, 0.4) is 0 Å². The van der Waals surface area contributed by atoms with E-state index in [0.29, 0.717) is 0 Å². The van der Waals surface area contributed by atoms with Crippen LogP contribution in [0, 0.1) is 5.92 Å². The molecule has 2 aliphatic carbocycles. The van der Waals surface area contributed by atoms with Crippen molar-refractivity contribution in [2.75, 3.05) is 0 Å². The Hall–Kier alpha value is -0.820. The van der Waals surface area contributed by atoms with Crippen molar-refractivity contribution >= 4 is 0 Å². The minimum Gasteiger partial charge on any atom is -0.324 e. The molecule has 0 saturated heterocycles. The Kier molecular flexibility index (Phi) is 3.69. The van der Waals surface area contributed by atoms with Gasteiger partial charge in [0.25, 0.3) is 0 Å². The summed E-state index contributed by atoms with van der Waals surface area (Å²) in [7, 11) is 0. The molecular weight excluding hydrogens is 218 g/mol. The van der Waals surface area contributed by atoms with E-state index in [4.69, 9.17) is 5.73 Å². The Balaban J connectivity index is 1.66. The molecule has 0 spiro atoms. The van der Waals surface area contributed by atoms with Crippen molar-refractivity contribution in [3.05, 3.63) is 35.4 Å². The fourth-order valence-electron chi connectivity index (χ4n) is 3.53. The maximum absolute atomic E-state index is 6.40. The molecule has 0 radical (unpaired) electrons. The third-order valence-electron chi connectivity index (χ3n) is 4.98. The Morgan fingerprint density at radius 1 is 1.06 bits per heavy atom. The molecule has 3 rings (SSSR count). The largest absolute Gasteiger partial charge is 0.324 e. The van der Waals surface area contributed by atoms with Gasteiger partial charge in [0.2, 0.25) is 0 Å². The summed E-state index contributed by atoms with van der Waals surface area (Å²) in [5.41, 5.74) is 9.30. The summed E-state index contributed by atoms with van der Waals surface area (Å²) in [6, 6.07) is 9.35. The normalized spacial score (nSPS) is 22.9. The first-order valence-electron chi connectivity index (χ1n) is 7.68. The van der Waals surface area contributed by atoms with Gasteiger partial charge in [-0.1, -0.05) is 56.4 Å². The molecule has 2 fully saturated rings. The third-order valence-corrected chi connectivity index (χ3v) is 4.98. The van der Waals surface area contributed by atoms with Gasteiger partial charge in [0, 0.05) is 6.04 Å². The molecule has 1 aromatic carbocycles. The molecule has 1 atom stereocenters. The van der Waals surface area contributed by atoms with E-state index in [2.05, 4.69) is 24.3 Å². The minimum atomic E-state index is 0.258. The number of nitrogens with two attached hydrogens (primary N) is 1. The number of rotatable bonds is 4. The molecule has 1 unspecified atom stereocenters. The highest BCUT2D eigenvalue weighted by Gasteiger charge is 2.22. The molecule has 2 N–H and O–H groups in total. The van der Waals surface area contributed by atoms with Crippen LogP contribution in [0.5, 0.6) is 0 Å². The molecular formula is C17H25N. The van der Waals surface area contributed by atoms with Crippen LogP contribution in [0.25, 0.3) is 0 Å². The van der Waals surface area contributed by atoms with E-state index in [0.717, 1.165) is 11.8 Å². The summed E-state index contributed by atoms with van der Waals surface area (Å²) in [6.07, 6.45) is 11.0. The summed E-state index contributed by atoms with van der Waals surface area (Å²) in [5.74, 6) is 1.70. The van der Waals surface area contributed by atoms with Crippen molar-refractivity contribution in [3.63, 3.8) is 0 Å². The first-order chi connectivity index (χ1) is 8.83. The Bertz CT molecular complexity index is 388. The molecule has 0 bridgehead atoms. The lowest BCUT2D eigenvalue weighted by Gasteiger charge is -2.27. The zero-order valence-corrected chi connectivity index (χ0v) is 11.3. The molecule has 2 aliphatic rings. The lowest BCUT2D eigenvalue weighted by Crippen LogP contribution is -2.15. The van der Waals surface area contributed by atoms with Crippen LogP contribution in [-0.4, -0.2) is 0 Å². The highest BCUT2D eigenvalue weighted by molar-refractivity contribution is 5.29. The van der Waals surface area contributed by atoms with Gasteiger partial charge in [-0.25, -0.2) is 0 Å². The third kappa shape index (κ3) is 2.61. The number of hydrogen-bond donors (Lipinski definition) is 1. The molecule has 2 saturated carbocycles. The fourth-order valence-corrected chi connectivity index (χ4v) is 3.53. The molecule has 0 amide bonds. The monoisotopic (exact) mass is 243 g/mol. The van der Waals surface area contributed by atoms with Crippen LogP contribution in [0.4, 0.5) is 0 Å². The van der Waals surface area contributed by atoms with Gasteiger partial charge < -0.3 is 5.73 Å². The Labute approximate surface area is 111 Å². The van der Waals surface area contributed by atoms with E-state index >= 15 is 0 Å². The van der Waals surface area contributed by atoms with Gasteiger partial charge in [0.05, 0.1) is 0 Å². The average Bonchev–Trinajstić information content (AvgIpc) is 2.80. The van der Waals surface area contributed by atoms with Gasteiger partial charge in [0.15, 0.2) is 0 Å². The fraction of sp³-hybridized carbons (Fsp3) is 0.647. The smallest absolute Gasteiger partial charge is 0.0297 e. The van der Waals surface area contributed by atoms with Crippen LogP contribution < -0.4 is 5.73 Å². The molecule has 98 valence electrons. The van der Waals surface area contributed by atoms with Crippen LogP contribution >= 0.6 is 0 Å². The number of benzene rings is 1. The summed E-state index contributed by atoms with van der Waals surface area (Å²) >= 11 is 0. The highest BCUT2D eigenvalue weighted by atomic mass is 14.6. The zero-order valence-electron chi connectivity index (χ0n) is 11.3. The van der Waals surface area contributed by atoms with E-state index in [-0.39, 0.29) is 6.04 Å².